The van der Waals surface area contributed by atoms with E-state index in [1.165, 1.54) is 23.6 Å². The van der Waals surface area contributed by atoms with Crippen LogP contribution in [0.3, 0.4) is 0 Å². The average molecular weight is 382 g/mol. The third-order valence-electron chi connectivity index (χ3n) is 3.74. The first-order valence-corrected chi connectivity index (χ1v) is 8.77. The van der Waals surface area contributed by atoms with Crippen molar-refractivity contribution in [3.63, 3.8) is 0 Å². The summed E-state index contributed by atoms with van der Waals surface area (Å²) in [6, 6.07) is 5.31. The number of halogens is 3. The zero-order valence-corrected chi connectivity index (χ0v) is 15.2. The molecule has 0 radical (unpaired) electrons. The van der Waals surface area contributed by atoms with Gasteiger partial charge in [0.1, 0.15) is 6.54 Å². The minimum Gasteiger partial charge on any atom is -0.343 e. The number of alkyl halides is 3. The Bertz CT molecular complexity index is 959. The van der Waals surface area contributed by atoms with Crippen LogP contribution in [-0.4, -0.2) is 33.4 Å². The first-order valence-electron chi connectivity index (χ1n) is 7.96. The number of carbonyl (C=O) groups is 1. The zero-order chi connectivity index (χ0) is 19.1. The van der Waals surface area contributed by atoms with E-state index < -0.39 is 18.6 Å². The molecule has 1 amide bonds. The van der Waals surface area contributed by atoms with E-state index in [-0.39, 0.29) is 11.6 Å². The first-order chi connectivity index (χ1) is 12.2. The van der Waals surface area contributed by atoms with Crippen LogP contribution in [0.2, 0.25) is 0 Å². The topological polar surface area (TPSA) is 59.8 Å². The van der Waals surface area contributed by atoms with Crippen molar-refractivity contribution in [2.75, 3.05) is 6.54 Å². The van der Waals surface area contributed by atoms with Crippen molar-refractivity contribution in [1.82, 2.24) is 20.1 Å². The van der Waals surface area contributed by atoms with E-state index in [2.05, 4.69) is 10.1 Å². The van der Waals surface area contributed by atoms with Gasteiger partial charge in [0.15, 0.2) is 5.65 Å². The van der Waals surface area contributed by atoms with Crippen LogP contribution in [0.5, 0.6) is 0 Å². The molecule has 3 rings (SSSR count). The Labute approximate surface area is 151 Å². The van der Waals surface area contributed by atoms with E-state index in [1.54, 1.807) is 4.68 Å². The maximum absolute atomic E-state index is 12.5. The second-order valence-electron chi connectivity index (χ2n) is 6.18. The Hall–Kier alpha value is -2.42. The Morgan fingerprint density at radius 3 is 2.65 bits per heavy atom. The molecule has 0 aromatic carbocycles. The first kappa shape index (κ1) is 18.4. The van der Waals surface area contributed by atoms with Crippen molar-refractivity contribution in [3.8, 4) is 10.6 Å². The maximum Gasteiger partial charge on any atom is 0.405 e. The van der Waals surface area contributed by atoms with E-state index >= 15 is 0 Å². The molecule has 0 saturated heterocycles. The SMILES string of the molecule is Cc1ccc(-c2cc(C(=O)NCC(F)(F)F)c3cnn(C(C)C)c3n2)s1. The van der Waals surface area contributed by atoms with Gasteiger partial charge in [0, 0.05) is 10.9 Å². The molecule has 26 heavy (non-hydrogen) atoms. The van der Waals surface area contributed by atoms with Gasteiger partial charge in [-0.2, -0.15) is 18.3 Å². The number of pyridine rings is 1. The molecular weight excluding hydrogens is 365 g/mol. The number of amides is 1. The number of aromatic nitrogens is 3. The van der Waals surface area contributed by atoms with E-state index in [0.29, 0.717) is 16.7 Å². The molecule has 138 valence electrons. The summed E-state index contributed by atoms with van der Waals surface area (Å²) in [5.41, 5.74) is 1.14. The third kappa shape index (κ3) is 3.72. The number of hydrogen-bond acceptors (Lipinski definition) is 4. The number of nitrogens with one attached hydrogen (secondary N) is 1. The summed E-state index contributed by atoms with van der Waals surface area (Å²) in [5, 5.41) is 6.60. The van der Waals surface area contributed by atoms with Crippen molar-refractivity contribution >= 4 is 28.3 Å². The normalized spacial score (nSPS) is 12.1. The van der Waals surface area contributed by atoms with Gasteiger partial charge in [-0.05, 0) is 39.0 Å². The number of fused-ring (bicyclic) bond motifs is 1. The smallest absolute Gasteiger partial charge is 0.343 e. The Morgan fingerprint density at radius 1 is 1.35 bits per heavy atom. The van der Waals surface area contributed by atoms with Crippen LogP contribution in [0.4, 0.5) is 13.2 Å². The second kappa shape index (κ2) is 6.71. The van der Waals surface area contributed by atoms with Gasteiger partial charge in [-0.25, -0.2) is 9.67 Å². The summed E-state index contributed by atoms with van der Waals surface area (Å²) < 4.78 is 39.0. The summed E-state index contributed by atoms with van der Waals surface area (Å²) in [6.07, 6.45) is -3.01. The highest BCUT2D eigenvalue weighted by Crippen LogP contribution is 2.30. The molecule has 3 heterocycles. The summed E-state index contributed by atoms with van der Waals surface area (Å²) >= 11 is 1.50. The average Bonchev–Trinajstić information content (AvgIpc) is 3.16. The fraction of sp³-hybridized carbons (Fsp3) is 0.353. The van der Waals surface area contributed by atoms with Crippen LogP contribution >= 0.6 is 11.3 Å². The summed E-state index contributed by atoms with van der Waals surface area (Å²) in [4.78, 5) is 18.9. The predicted molar refractivity (Wildman–Crippen MR) is 94.4 cm³/mol. The number of carbonyl (C=O) groups excluding carboxylic acids is 1. The molecular formula is C17H17F3N4OS. The molecule has 0 bridgehead atoms. The van der Waals surface area contributed by atoms with Crippen molar-refractivity contribution in [2.24, 2.45) is 0 Å². The van der Waals surface area contributed by atoms with Crippen LogP contribution in [-0.2, 0) is 0 Å². The zero-order valence-electron chi connectivity index (χ0n) is 14.4. The van der Waals surface area contributed by atoms with Gasteiger partial charge >= 0.3 is 6.18 Å². The highest BCUT2D eigenvalue weighted by Gasteiger charge is 2.29. The molecule has 0 fully saturated rings. The summed E-state index contributed by atoms with van der Waals surface area (Å²) in [7, 11) is 0. The lowest BCUT2D eigenvalue weighted by atomic mass is 10.1. The Balaban J connectivity index is 2.12. The lowest BCUT2D eigenvalue weighted by Gasteiger charge is -2.11. The molecule has 9 heteroatoms. The van der Waals surface area contributed by atoms with Gasteiger partial charge in [0.05, 0.1) is 27.7 Å². The molecule has 5 nitrogen and oxygen atoms in total. The fourth-order valence-electron chi connectivity index (χ4n) is 2.56. The number of nitrogens with zero attached hydrogens (tertiary/aromatic N) is 3. The van der Waals surface area contributed by atoms with Crippen molar-refractivity contribution in [3.05, 3.63) is 34.8 Å². The number of rotatable bonds is 4. The molecule has 0 aliphatic carbocycles. The van der Waals surface area contributed by atoms with Crippen molar-refractivity contribution in [1.29, 1.82) is 0 Å². The van der Waals surface area contributed by atoms with Gasteiger partial charge in [-0.1, -0.05) is 0 Å². The standard InChI is InChI=1S/C17H17F3N4OS/c1-9(2)24-15-12(7-22-24)11(16(25)21-8-17(18,19)20)6-13(23-15)14-5-4-10(3)26-14/h4-7,9H,8H2,1-3H3,(H,21,25). The van der Waals surface area contributed by atoms with E-state index in [1.807, 2.05) is 38.2 Å². The van der Waals surface area contributed by atoms with Crippen LogP contribution in [0, 0.1) is 6.92 Å². The number of thiophene rings is 1. The third-order valence-corrected chi connectivity index (χ3v) is 4.77. The lowest BCUT2D eigenvalue weighted by Crippen LogP contribution is -2.33. The molecule has 0 saturated carbocycles. The minimum atomic E-state index is -4.47. The number of hydrogen-bond donors (Lipinski definition) is 1. The quantitative estimate of drug-likeness (QED) is 0.730. The summed E-state index contributed by atoms with van der Waals surface area (Å²) in [5.74, 6) is -0.799. The van der Waals surface area contributed by atoms with Gasteiger partial charge in [0.25, 0.3) is 5.91 Å². The van der Waals surface area contributed by atoms with Gasteiger partial charge in [-0.15, -0.1) is 11.3 Å². The molecule has 0 aliphatic rings. The van der Waals surface area contributed by atoms with Gasteiger partial charge in [0.2, 0.25) is 0 Å². The minimum absolute atomic E-state index is 0.00796. The van der Waals surface area contributed by atoms with Crippen molar-refractivity contribution in [2.45, 2.75) is 33.0 Å². The monoisotopic (exact) mass is 382 g/mol. The second-order valence-corrected chi connectivity index (χ2v) is 7.47. The van der Waals surface area contributed by atoms with Crippen LogP contribution in [0.15, 0.2) is 24.4 Å². The molecule has 0 unspecified atom stereocenters. The molecule has 3 aromatic rings. The number of aryl methyl sites for hydroxylation is 1. The highest BCUT2D eigenvalue weighted by molar-refractivity contribution is 7.15. The Kier molecular flexibility index (Phi) is 4.74. The van der Waals surface area contributed by atoms with E-state index in [0.717, 1.165) is 9.75 Å². The molecule has 3 aromatic heterocycles. The largest absolute Gasteiger partial charge is 0.405 e. The molecule has 0 aliphatic heterocycles. The fourth-order valence-corrected chi connectivity index (χ4v) is 3.39. The highest BCUT2D eigenvalue weighted by atomic mass is 32.1. The van der Waals surface area contributed by atoms with Crippen LogP contribution in [0.25, 0.3) is 21.6 Å². The lowest BCUT2D eigenvalue weighted by molar-refractivity contribution is -0.123. The maximum atomic E-state index is 12.5. The predicted octanol–water partition coefficient (Wildman–Crippen LogP) is 4.34. The van der Waals surface area contributed by atoms with E-state index in [9.17, 15) is 18.0 Å². The van der Waals surface area contributed by atoms with Crippen LogP contribution < -0.4 is 5.32 Å². The Morgan fingerprint density at radius 2 is 2.08 bits per heavy atom. The molecule has 0 atom stereocenters. The van der Waals surface area contributed by atoms with Gasteiger partial charge in [-0.3, -0.25) is 4.79 Å². The van der Waals surface area contributed by atoms with E-state index in [4.69, 9.17) is 0 Å². The molecule has 1 N–H and O–H groups in total. The van der Waals surface area contributed by atoms with Crippen molar-refractivity contribution < 1.29 is 18.0 Å². The summed E-state index contributed by atoms with van der Waals surface area (Å²) in [6.45, 7) is 4.39. The van der Waals surface area contributed by atoms with Crippen LogP contribution in [0.1, 0.15) is 35.1 Å². The molecule has 0 spiro atoms. The van der Waals surface area contributed by atoms with Gasteiger partial charge < -0.3 is 5.32 Å².